The quantitative estimate of drug-likeness (QED) is 0.704. The Hall–Kier alpha value is -2.61. The van der Waals surface area contributed by atoms with Crippen molar-refractivity contribution in [1.29, 1.82) is 0 Å². The van der Waals surface area contributed by atoms with E-state index in [1.54, 1.807) is 18.2 Å². The zero-order valence-corrected chi connectivity index (χ0v) is 14.8. The van der Waals surface area contributed by atoms with Crippen molar-refractivity contribution in [3.8, 4) is 0 Å². The molecule has 1 saturated heterocycles. The SMILES string of the molecule is O=C(NCc1nc(C2CCSCC2)no1)c1cc2ccccc2oc1=O. The zero-order valence-electron chi connectivity index (χ0n) is 13.9. The van der Waals surface area contributed by atoms with Gasteiger partial charge in [-0.2, -0.15) is 16.7 Å². The maximum atomic E-state index is 12.3. The van der Waals surface area contributed by atoms with E-state index in [9.17, 15) is 9.59 Å². The molecule has 0 saturated carbocycles. The van der Waals surface area contributed by atoms with E-state index in [2.05, 4.69) is 15.5 Å². The van der Waals surface area contributed by atoms with Crippen LogP contribution in [0.1, 0.15) is 40.8 Å². The van der Waals surface area contributed by atoms with E-state index >= 15 is 0 Å². The maximum absolute atomic E-state index is 12.3. The number of carbonyl (C=O) groups excluding carboxylic acids is 1. The van der Waals surface area contributed by atoms with Crippen LogP contribution in [0.15, 0.2) is 44.1 Å². The number of rotatable bonds is 4. The number of hydrogen-bond acceptors (Lipinski definition) is 7. The molecular formula is C18H17N3O4S. The highest BCUT2D eigenvalue weighted by atomic mass is 32.2. The summed E-state index contributed by atoms with van der Waals surface area (Å²) in [6.07, 6.45) is 2.07. The molecule has 0 aliphatic carbocycles. The van der Waals surface area contributed by atoms with Crippen LogP contribution in [0.5, 0.6) is 0 Å². The Bertz CT molecular complexity index is 991. The minimum atomic E-state index is -0.674. The molecule has 7 nitrogen and oxygen atoms in total. The predicted octanol–water partition coefficient (Wildman–Crippen LogP) is 2.72. The van der Waals surface area contributed by atoms with Gasteiger partial charge in [-0.15, -0.1) is 0 Å². The van der Waals surface area contributed by atoms with Gasteiger partial charge in [0, 0.05) is 11.3 Å². The number of benzene rings is 1. The average Bonchev–Trinajstić information content (AvgIpc) is 3.15. The van der Waals surface area contributed by atoms with Gasteiger partial charge in [0.15, 0.2) is 5.82 Å². The predicted molar refractivity (Wildman–Crippen MR) is 97.3 cm³/mol. The van der Waals surface area contributed by atoms with E-state index in [1.165, 1.54) is 6.07 Å². The summed E-state index contributed by atoms with van der Waals surface area (Å²) in [5, 5.41) is 7.35. The summed E-state index contributed by atoms with van der Waals surface area (Å²) in [5.41, 5.74) is -0.277. The normalized spacial score (nSPS) is 15.2. The summed E-state index contributed by atoms with van der Waals surface area (Å²) in [4.78, 5) is 28.7. The summed E-state index contributed by atoms with van der Waals surface area (Å²) in [5.74, 6) is 3.01. The van der Waals surface area contributed by atoms with E-state index in [-0.39, 0.29) is 12.1 Å². The Labute approximate surface area is 153 Å². The van der Waals surface area contributed by atoms with Crippen LogP contribution in [0.2, 0.25) is 0 Å². The van der Waals surface area contributed by atoms with Crippen molar-refractivity contribution in [2.24, 2.45) is 0 Å². The molecule has 0 atom stereocenters. The van der Waals surface area contributed by atoms with Crippen LogP contribution >= 0.6 is 11.8 Å². The van der Waals surface area contributed by atoms with E-state index < -0.39 is 11.5 Å². The molecule has 3 aromatic rings. The van der Waals surface area contributed by atoms with Crippen molar-refractivity contribution in [3.05, 3.63) is 58.0 Å². The molecule has 3 heterocycles. The summed E-state index contributed by atoms with van der Waals surface area (Å²) >= 11 is 1.93. The number of hydrogen-bond donors (Lipinski definition) is 1. The van der Waals surface area contributed by atoms with Gasteiger partial charge in [0.25, 0.3) is 5.91 Å². The van der Waals surface area contributed by atoms with Crippen LogP contribution < -0.4 is 10.9 Å². The molecule has 0 bridgehead atoms. The second kappa shape index (κ2) is 7.33. The second-order valence-corrected chi connectivity index (χ2v) is 7.33. The third-order valence-electron chi connectivity index (χ3n) is 4.36. The largest absolute Gasteiger partial charge is 0.422 e. The van der Waals surface area contributed by atoms with Crippen molar-refractivity contribution in [1.82, 2.24) is 15.5 Å². The highest BCUT2D eigenvalue weighted by Crippen LogP contribution is 2.29. The molecule has 1 aromatic carbocycles. The van der Waals surface area contributed by atoms with E-state index in [4.69, 9.17) is 8.94 Å². The fraction of sp³-hybridized carbons (Fsp3) is 0.333. The van der Waals surface area contributed by atoms with Crippen LogP contribution in [0, 0.1) is 0 Å². The molecule has 1 amide bonds. The maximum Gasteiger partial charge on any atom is 0.349 e. The Morgan fingerprint density at radius 1 is 1.27 bits per heavy atom. The first-order chi connectivity index (χ1) is 12.7. The summed E-state index contributed by atoms with van der Waals surface area (Å²) in [7, 11) is 0. The number of nitrogens with zero attached hydrogens (tertiary/aromatic N) is 2. The fourth-order valence-electron chi connectivity index (χ4n) is 2.93. The molecular weight excluding hydrogens is 354 g/mol. The molecule has 2 aromatic heterocycles. The topological polar surface area (TPSA) is 98.2 Å². The van der Waals surface area contributed by atoms with E-state index in [0.717, 1.165) is 24.3 Å². The number of amides is 1. The van der Waals surface area contributed by atoms with E-state index in [1.807, 2.05) is 17.8 Å². The van der Waals surface area contributed by atoms with Gasteiger partial charge in [-0.3, -0.25) is 4.79 Å². The van der Waals surface area contributed by atoms with Gasteiger partial charge in [-0.25, -0.2) is 4.79 Å². The third kappa shape index (κ3) is 3.50. The lowest BCUT2D eigenvalue weighted by molar-refractivity contribution is 0.0942. The fourth-order valence-corrected chi connectivity index (χ4v) is 4.04. The molecule has 1 N–H and O–H groups in total. The van der Waals surface area contributed by atoms with Crippen molar-refractivity contribution in [2.75, 3.05) is 11.5 Å². The summed E-state index contributed by atoms with van der Waals surface area (Å²) < 4.78 is 10.4. The van der Waals surface area contributed by atoms with E-state index in [0.29, 0.717) is 28.6 Å². The van der Waals surface area contributed by atoms with Crippen molar-refractivity contribution in [2.45, 2.75) is 25.3 Å². The molecule has 26 heavy (non-hydrogen) atoms. The highest BCUT2D eigenvalue weighted by Gasteiger charge is 2.21. The number of nitrogens with one attached hydrogen (secondary N) is 1. The van der Waals surface area contributed by atoms with Gasteiger partial charge >= 0.3 is 5.63 Å². The molecule has 1 aliphatic rings. The van der Waals surface area contributed by atoms with Crippen LogP contribution in [0.25, 0.3) is 11.0 Å². The van der Waals surface area contributed by atoms with Gasteiger partial charge in [0.1, 0.15) is 11.1 Å². The van der Waals surface area contributed by atoms with Gasteiger partial charge in [0.2, 0.25) is 5.89 Å². The molecule has 0 radical (unpaired) electrons. The number of carbonyl (C=O) groups is 1. The Kier molecular flexibility index (Phi) is 4.75. The number of fused-ring (bicyclic) bond motifs is 1. The summed E-state index contributed by atoms with van der Waals surface area (Å²) in [6.45, 7) is 0.0690. The third-order valence-corrected chi connectivity index (χ3v) is 5.41. The average molecular weight is 371 g/mol. The molecule has 4 rings (SSSR count). The monoisotopic (exact) mass is 371 g/mol. The van der Waals surface area contributed by atoms with Crippen molar-refractivity contribution < 1.29 is 13.7 Å². The molecule has 0 spiro atoms. The van der Waals surface area contributed by atoms with Gasteiger partial charge in [0.05, 0.1) is 6.54 Å². The first-order valence-electron chi connectivity index (χ1n) is 8.42. The lowest BCUT2D eigenvalue weighted by Crippen LogP contribution is -2.28. The lowest BCUT2D eigenvalue weighted by atomic mass is 10.0. The molecule has 134 valence electrons. The van der Waals surface area contributed by atoms with Crippen LogP contribution in [-0.4, -0.2) is 27.6 Å². The standard InChI is InChI=1S/C18H17N3O4S/c22-17(13-9-12-3-1-2-4-14(12)24-18(13)23)19-10-15-20-16(21-25-15)11-5-7-26-8-6-11/h1-4,9,11H,5-8,10H2,(H,19,22). The Morgan fingerprint density at radius 2 is 2.08 bits per heavy atom. The molecule has 1 aliphatic heterocycles. The number of aromatic nitrogens is 2. The smallest absolute Gasteiger partial charge is 0.349 e. The minimum absolute atomic E-state index is 0.0484. The Balaban J connectivity index is 1.45. The zero-order chi connectivity index (χ0) is 17.9. The molecule has 1 fully saturated rings. The van der Waals surface area contributed by atoms with Crippen LogP contribution in [0.3, 0.4) is 0 Å². The Morgan fingerprint density at radius 3 is 2.92 bits per heavy atom. The number of para-hydroxylation sites is 1. The van der Waals surface area contributed by atoms with Crippen LogP contribution in [-0.2, 0) is 6.54 Å². The summed E-state index contributed by atoms with van der Waals surface area (Å²) in [6, 6.07) is 8.57. The van der Waals surface area contributed by atoms with Gasteiger partial charge in [-0.1, -0.05) is 23.4 Å². The first-order valence-corrected chi connectivity index (χ1v) is 9.57. The molecule has 8 heteroatoms. The van der Waals surface area contributed by atoms with Crippen molar-refractivity contribution >= 4 is 28.6 Å². The van der Waals surface area contributed by atoms with Gasteiger partial charge in [-0.05, 0) is 36.5 Å². The lowest BCUT2D eigenvalue weighted by Gasteiger charge is -2.17. The number of thioether (sulfide) groups is 1. The minimum Gasteiger partial charge on any atom is -0.422 e. The highest BCUT2D eigenvalue weighted by molar-refractivity contribution is 7.99. The first kappa shape index (κ1) is 16.8. The van der Waals surface area contributed by atoms with Gasteiger partial charge < -0.3 is 14.3 Å². The van der Waals surface area contributed by atoms with Crippen molar-refractivity contribution in [3.63, 3.8) is 0 Å². The second-order valence-electron chi connectivity index (χ2n) is 6.10. The van der Waals surface area contributed by atoms with Crippen LogP contribution in [0.4, 0.5) is 0 Å². The molecule has 0 unspecified atom stereocenters.